The van der Waals surface area contributed by atoms with Gasteiger partial charge in [0.1, 0.15) is 0 Å². The van der Waals surface area contributed by atoms with Gasteiger partial charge in [-0.15, -0.1) is 0 Å². The first-order valence-corrected chi connectivity index (χ1v) is 7.18. The van der Waals surface area contributed by atoms with Crippen LogP contribution in [0.2, 0.25) is 0 Å². The minimum absolute atomic E-state index is 0.119. The largest absolute Gasteiger partial charge is 0.381 e. The number of nitrogens with one attached hydrogen (secondary N) is 1. The molecule has 0 unspecified atom stereocenters. The second-order valence-electron chi connectivity index (χ2n) is 5.43. The maximum atomic E-state index is 12.6. The Labute approximate surface area is 123 Å². The predicted molar refractivity (Wildman–Crippen MR) is 81.0 cm³/mol. The smallest absolute Gasteiger partial charge is 0.253 e. The number of nitrogens with zero attached hydrogens (tertiary/aromatic N) is 1. The van der Waals surface area contributed by atoms with Gasteiger partial charge >= 0.3 is 0 Å². The minimum Gasteiger partial charge on any atom is -0.381 e. The van der Waals surface area contributed by atoms with Crippen molar-refractivity contribution in [3.05, 3.63) is 42.1 Å². The summed E-state index contributed by atoms with van der Waals surface area (Å²) >= 11 is 0. The lowest BCUT2D eigenvalue weighted by Gasteiger charge is -2.37. The van der Waals surface area contributed by atoms with Gasteiger partial charge < -0.3 is 15.8 Å². The molecule has 0 bridgehead atoms. The Morgan fingerprint density at radius 3 is 2.81 bits per heavy atom. The molecule has 21 heavy (non-hydrogen) atoms. The number of hydrogen-bond acceptors (Lipinski definition) is 4. The zero-order valence-corrected chi connectivity index (χ0v) is 11.8. The van der Waals surface area contributed by atoms with Crippen molar-refractivity contribution < 1.29 is 9.53 Å². The zero-order valence-electron chi connectivity index (χ0n) is 11.8. The second kappa shape index (κ2) is 5.79. The molecule has 2 aromatic rings. The molecular weight excluding hydrogens is 266 g/mol. The average molecular weight is 285 g/mol. The standard InChI is InChI=1S/C16H19N3O2/c17-11-16(6-9-21-10-7-16)19-15(20)13-5-1-3-12-4-2-8-18-14(12)13/h1-5,8H,6-7,9-11,17H2,(H,19,20). The molecule has 0 radical (unpaired) electrons. The first-order valence-electron chi connectivity index (χ1n) is 7.18. The first kappa shape index (κ1) is 14.0. The maximum absolute atomic E-state index is 12.6. The van der Waals surface area contributed by atoms with Gasteiger partial charge in [0.15, 0.2) is 0 Å². The highest BCUT2D eigenvalue weighted by Gasteiger charge is 2.33. The Kier molecular flexibility index (Phi) is 3.86. The van der Waals surface area contributed by atoms with E-state index in [1.807, 2.05) is 24.3 Å². The number of nitrogens with two attached hydrogens (primary N) is 1. The van der Waals surface area contributed by atoms with Crippen molar-refractivity contribution in [2.24, 2.45) is 5.73 Å². The number of carbonyl (C=O) groups is 1. The van der Waals surface area contributed by atoms with E-state index in [4.69, 9.17) is 10.5 Å². The number of hydrogen-bond donors (Lipinski definition) is 2. The van der Waals surface area contributed by atoms with Crippen LogP contribution in [-0.2, 0) is 4.74 Å². The van der Waals surface area contributed by atoms with Crippen LogP contribution in [-0.4, -0.2) is 36.2 Å². The Morgan fingerprint density at radius 2 is 2.05 bits per heavy atom. The fraction of sp³-hybridized carbons (Fsp3) is 0.375. The SMILES string of the molecule is NCC1(NC(=O)c2cccc3cccnc23)CCOCC1. The predicted octanol–water partition coefficient (Wildman–Crippen LogP) is 1.47. The summed E-state index contributed by atoms with van der Waals surface area (Å²) in [6.07, 6.45) is 3.19. The van der Waals surface area contributed by atoms with E-state index in [1.54, 1.807) is 12.3 Å². The summed E-state index contributed by atoms with van der Waals surface area (Å²) in [6, 6.07) is 9.44. The third-order valence-electron chi connectivity index (χ3n) is 4.10. The summed E-state index contributed by atoms with van der Waals surface area (Å²) in [5.41, 5.74) is 6.83. The van der Waals surface area contributed by atoms with Crippen molar-refractivity contribution in [1.82, 2.24) is 10.3 Å². The van der Waals surface area contributed by atoms with Crippen LogP contribution in [0.4, 0.5) is 0 Å². The topological polar surface area (TPSA) is 77.2 Å². The molecule has 3 N–H and O–H groups in total. The van der Waals surface area contributed by atoms with Crippen molar-refractivity contribution in [2.75, 3.05) is 19.8 Å². The monoisotopic (exact) mass is 285 g/mol. The molecule has 0 saturated carbocycles. The van der Waals surface area contributed by atoms with Gasteiger partial charge in [-0.25, -0.2) is 0 Å². The average Bonchev–Trinajstić information content (AvgIpc) is 2.55. The van der Waals surface area contributed by atoms with Gasteiger partial charge in [0.2, 0.25) is 0 Å². The molecule has 110 valence electrons. The summed E-state index contributed by atoms with van der Waals surface area (Å²) in [4.78, 5) is 17.0. The lowest BCUT2D eigenvalue weighted by molar-refractivity contribution is 0.0389. The quantitative estimate of drug-likeness (QED) is 0.895. The van der Waals surface area contributed by atoms with E-state index < -0.39 is 0 Å². The fourth-order valence-electron chi connectivity index (χ4n) is 2.74. The molecule has 0 atom stereocenters. The number of ether oxygens (including phenoxy) is 1. The van der Waals surface area contributed by atoms with Crippen LogP contribution in [0.3, 0.4) is 0 Å². The second-order valence-corrected chi connectivity index (χ2v) is 5.43. The van der Waals surface area contributed by atoms with Crippen LogP contribution in [0, 0.1) is 0 Å². The number of rotatable bonds is 3. The van der Waals surface area contributed by atoms with E-state index in [9.17, 15) is 4.79 Å². The number of benzene rings is 1. The van der Waals surface area contributed by atoms with Crippen molar-refractivity contribution in [1.29, 1.82) is 0 Å². The highest BCUT2D eigenvalue weighted by molar-refractivity contribution is 6.05. The number of aromatic nitrogens is 1. The Hall–Kier alpha value is -1.98. The normalized spacial score (nSPS) is 17.6. The molecule has 0 aliphatic carbocycles. The van der Waals surface area contributed by atoms with Crippen molar-refractivity contribution in [2.45, 2.75) is 18.4 Å². The van der Waals surface area contributed by atoms with Gasteiger partial charge in [0, 0.05) is 31.3 Å². The van der Waals surface area contributed by atoms with E-state index >= 15 is 0 Å². The van der Waals surface area contributed by atoms with Crippen LogP contribution in [0.15, 0.2) is 36.5 Å². The fourth-order valence-corrected chi connectivity index (χ4v) is 2.74. The highest BCUT2D eigenvalue weighted by atomic mass is 16.5. The highest BCUT2D eigenvalue weighted by Crippen LogP contribution is 2.22. The van der Waals surface area contributed by atoms with Gasteiger partial charge in [0.05, 0.1) is 16.6 Å². The van der Waals surface area contributed by atoms with Gasteiger partial charge in [-0.1, -0.05) is 18.2 Å². The van der Waals surface area contributed by atoms with Crippen molar-refractivity contribution in [3.8, 4) is 0 Å². The van der Waals surface area contributed by atoms with Crippen molar-refractivity contribution in [3.63, 3.8) is 0 Å². The van der Waals surface area contributed by atoms with Crippen LogP contribution in [0.1, 0.15) is 23.2 Å². The third-order valence-corrected chi connectivity index (χ3v) is 4.10. The molecule has 5 nitrogen and oxygen atoms in total. The summed E-state index contributed by atoms with van der Waals surface area (Å²) in [7, 11) is 0. The molecule has 1 aliphatic heterocycles. The number of para-hydroxylation sites is 1. The van der Waals surface area contributed by atoms with E-state index in [1.165, 1.54) is 0 Å². The van der Waals surface area contributed by atoms with Gasteiger partial charge in [-0.3, -0.25) is 9.78 Å². The van der Waals surface area contributed by atoms with E-state index in [0.717, 1.165) is 23.7 Å². The molecule has 1 aliphatic rings. The van der Waals surface area contributed by atoms with Gasteiger partial charge in [-0.2, -0.15) is 0 Å². The summed E-state index contributed by atoms with van der Waals surface area (Å²) in [5.74, 6) is -0.119. The van der Waals surface area contributed by atoms with Crippen molar-refractivity contribution >= 4 is 16.8 Å². The summed E-state index contributed by atoms with van der Waals surface area (Å²) < 4.78 is 5.36. The Balaban J connectivity index is 1.90. The number of fused-ring (bicyclic) bond motifs is 1. The van der Waals surface area contributed by atoms with Crippen LogP contribution < -0.4 is 11.1 Å². The Morgan fingerprint density at radius 1 is 1.29 bits per heavy atom. The molecule has 1 saturated heterocycles. The van der Waals surface area contributed by atoms with Crippen LogP contribution >= 0.6 is 0 Å². The Bertz CT molecular complexity index is 646. The zero-order chi connectivity index (χ0) is 14.7. The maximum Gasteiger partial charge on any atom is 0.253 e. The van der Waals surface area contributed by atoms with Gasteiger partial charge in [-0.05, 0) is 25.0 Å². The molecule has 0 spiro atoms. The lowest BCUT2D eigenvalue weighted by atomic mass is 9.89. The molecule has 1 fully saturated rings. The number of carbonyl (C=O) groups excluding carboxylic acids is 1. The first-order chi connectivity index (χ1) is 10.2. The van der Waals surface area contributed by atoms with E-state index in [2.05, 4.69) is 10.3 Å². The summed E-state index contributed by atoms with van der Waals surface area (Å²) in [6.45, 7) is 1.68. The molecule has 1 aromatic carbocycles. The van der Waals surface area contributed by atoms with Gasteiger partial charge in [0.25, 0.3) is 5.91 Å². The van der Waals surface area contributed by atoms with E-state index in [0.29, 0.717) is 25.3 Å². The summed E-state index contributed by atoms with van der Waals surface area (Å²) in [5, 5.41) is 4.06. The minimum atomic E-state index is -0.369. The molecule has 2 heterocycles. The number of pyridine rings is 1. The molecule has 1 aromatic heterocycles. The molecule has 3 rings (SSSR count). The number of amides is 1. The molecular formula is C16H19N3O2. The van der Waals surface area contributed by atoms with Crippen LogP contribution in [0.5, 0.6) is 0 Å². The van der Waals surface area contributed by atoms with Crippen LogP contribution in [0.25, 0.3) is 10.9 Å². The molecule has 5 heteroatoms. The molecule has 1 amide bonds. The lowest BCUT2D eigenvalue weighted by Crippen LogP contribution is -2.56. The van der Waals surface area contributed by atoms with E-state index in [-0.39, 0.29) is 11.4 Å². The third kappa shape index (κ3) is 2.75.